The van der Waals surface area contributed by atoms with Crippen LogP contribution in [0.4, 0.5) is 5.69 Å². The maximum Gasteiger partial charge on any atom is 0.337 e. The molecule has 0 saturated carbocycles. The minimum absolute atomic E-state index is 0.0908. The van der Waals surface area contributed by atoms with Gasteiger partial charge in [0.25, 0.3) is 0 Å². The number of H-pyrrole nitrogens is 1. The van der Waals surface area contributed by atoms with E-state index in [1.807, 2.05) is 56.3 Å². The molecule has 0 saturated heterocycles. The molecule has 2 heterocycles. The minimum Gasteiger partial charge on any atom is -0.478 e. The van der Waals surface area contributed by atoms with Crippen LogP contribution in [0.15, 0.2) is 82.1 Å². The standard InChI is InChI=1S/C29H25N3O4/c1-16-14-22(18(3)31-25-7-5-4-6-21(25)29(34)35)28-23(15-16)26(33)17(2)27(36-28)20-10-8-19(9-11-20)24-12-13-30-32-24/h4-15,18,31H,1-3H3,(H,30,32)(H,34,35). The van der Waals surface area contributed by atoms with Crippen LogP contribution in [0, 0.1) is 13.8 Å². The van der Waals surface area contributed by atoms with Crippen LogP contribution >= 0.6 is 0 Å². The number of benzene rings is 3. The van der Waals surface area contributed by atoms with E-state index in [4.69, 9.17) is 4.42 Å². The summed E-state index contributed by atoms with van der Waals surface area (Å²) in [6, 6.07) is 19.9. The summed E-state index contributed by atoms with van der Waals surface area (Å²) in [5.41, 5.74) is 5.96. The maximum atomic E-state index is 13.4. The predicted octanol–water partition coefficient (Wildman–Crippen LogP) is 6.34. The second-order valence-electron chi connectivity index (χ2n) is 8.88. The van der Waals surface area contributed by atoms with E-state index in [2.05, 4.69) is 15.5 Å². The number of hydrogen-bond donors (Lipinski definition) is 3. The van der Waals surface area contributed by atoms with E-state index in [1.54, 1.807) is 37.4 Å². The van der Waals surface area contributed by atoms with Crippen molar-refractivity contribution in [2.24, 2.45) is 0 Å². The Balaban J connectivity index is 1.61. The fourth-order valence-corrected chi connectivity index (χ4v) is 4.49. The molecule has 0 aliphatic heterocycles. The average Bonchev–Trinajstić information content (AvgIpc) is 3.41. The number of aromatic carboxylic acids is 1. The van der Waals surface area contributed by atoms with Crippen molar-refractivity contribution in [2.75, 3.05) is 5.32 Å². The van der Waals surface area contributed by atoms with Gasteiger partial charge in [0, 0.05) is 28.6 Å². The summed E-state index contributed by atoms with van der Waals surface area (Å²) in [6.07, 6.45) is 1.70. The van der Waals surface area contributed by atoms with Crippen LogP contribution in [0.25, 0.3) is 33.6 Å². The van der Waals surface area contributed by atoms with Crippen molar-refractivity contribution in [3.63, 3.8) is 0 Å². The van der Waals surface area contributed by atoms with E-state index in [0.717, 1.165) is 27.9 Å². The van der Waals surface area contributed by atoms with E-state index in [-0.39, 0.29) is 17.0 Å². The van der Waals surface area contributed by atoms with E-state index >= 15 is 0 Å². The number of fused-ring (bicyclic) bond motifs is 1. The molecule has 5 rings (SSSR count). The Kier molecular flexibility index (Phi) is 5.90. The van der Waals surface area contributed by atoms with Crippen molar-refractivity contribution in [2.45, 2.75) is 26.8 Å². The molecular weight excluding hydrogens is 454 g/mol. The number of hydrogen-bond acceptors (Lipinski definition) is 5. The Hall–Kier alpha value is -4.65. The molecule has 3 N–H and O–H groups in total. The van der Waals surface area contributed by atoms with Gasteiger partial charge in [-0.15, -0.1) is 0 Å². The van der Waals surface area contributed by atoms with Gasteiger partial charge in [-0.1, -0.05) is 42.5 Å². The normalized spacial score (nSPS) is 12.0. The summed E-state index contributed by atoms with van der Waals surface area (Å²) in [6.45, 7) is 5.62. The van der Waals surface area contributed by atoms with Crippen LogP contribution in [0.1, 0.15) is 40.0 Å². The van der Waals surface area contributed by atoms with Crippen molar-refractivity contribution in [3.8, 4) is 22.6 Å². The summed E-state index contributed by atoms with van der Waals surface area (Å²) in [4.78, 5) is 25.1. The van der Waals surface area contributed by atoms with Gasteiger partial charge >= 0.3 is 5.97 Å². The number of nitrogens with zero attached hydrogens (tertiary/aromatic N) is 1. The van der Waals surface area contributed by atoms with Crippen LogP contribution in [0.3, 0.4) is 0 Å². The largest absolute Gasteiger partial charge is 0.478 e. The number of aromatic nitrogens is 2. The number of aryl methyl sites for hydroxylation is 1. The second-order valence-corrected chi connectivity index (χ2v) is 8.88. The van der Waals surface area contributed by atoms with Crippen LogP contribution in [0.2, 0.25) is 0 Å². The summed E-state index contributed by atoms with van der Waals surface area (Å²) in [7, 11) is 0. The quantitative estimate of drug-likeness (QED) is 0.262. The molecule has 1 unspecified atom stereocenters. The fourth-order valence-electron chi connectivity index (χ4n) is 4.49. The fraction of sp³-hybridized carbons (Fsp3) is 0.138. The zero-order chi connectivity index (χ0) is 25.4. The van der Waals surface area contributed by atoms with E-state index < -0.39 is 5.97 Å². The lowest BCUT2D eigenvalue weighted by molar-refractivity contribution is 0.0698. The van der Waals surface area contributed by atoms with Crippen LogP contribution in [-0.2, 0) is 0 Å². The Morgan fingerprint density at radius 3 is 2.44 bits per heavy atom. The van der Waals surface area contributed by atoms with Crippen molar-refractivity contribution in [1.82, 2.24) is 10.2 Å². The molecule has 36 heavy (non-hydrogen) atoms. The third kappa shape index (κ3) is 4.15. The molecule has 7 heteroatoms. The molecule has 7 nitrogen and oxygen atoms in total. The Morgan fingerprint density at radius 2 is 1.75 bits per heavy atom. The highest BCUT2D eigenvalue weighted by atomic mass is 16.4. The number of carbonyl (C=O) groups is 1. The Bertz CT molecular complexity index is 1630. The number of rotatable bonds is 6. The number of carboxylic acid groups (broad SMARTS) is 1. The third-order valence-corrected chi connectivity index (χ3v) is 6.35. The first-order valence-electron chi connectivity index (χ1n) is 11.6. The lowest BCUT2D eigenvalue weighted by Crippen LogP contribution is -2.14. The lowest BCUT2D eigenvalue weighted by Gasteiger charge is -2.20. The average molecular weight is 480 g/mol. The second kappa shape index (κ2) is 9.19. The molecule has 5 aromatic rings. The molecule has 180 valence electrons. The van der Waals surface area contributed by atoms with Gasteiger partial charge in [0.2, 0.25) is 0 Å². The highest BCUT2D eigenvalue weighted by molar-refractivity contribution is 5.94. The topological polar surface area (TPSA) is 108 Å². The highest BCUT2D eigenvalue weighted by Crippen LogP contribution is 2.33. The zero-order valence-corrected chi connectivity index (χ0v) is 20.1. The summed E-state index contributed by atoms with van der Waals surface area (Å²) >= 11 is 0. The number of para-hydroxylation sites is 1. The van der Waals surface area contributed by atoms with Gasteiger partial charge in [-0.25, -0.2) is 4.79 Å². The number of aromatic amines is 1. The molecule has 0 aliphatic rings. The summed E-state index contributed by atoms with van der Waals surface area (Å²) in [5.74, 6) is -0.505. The summed E-state index contributed by atoms with van der Waals surface area (Å²) in [5, 5.41) is 20.3. The van der Waals surface area contributed by atoms with Crippen molar-refractivity contribution < 1.29 is 14.3 Å². The van der Waals surface area contributed by atoms with E-state index in [0.29, 0.717) is 28.0 Å². The number of anilines is 1. The molecule has 0 amide bonds. The molecule has 2 aromatic heterocycles. The van der Waals surface area contributed by atoms with Gasteiger partial charge in [0.15, 0.2) is 5.43 Å². The van der Waals surface area contributed by atoms with E-state index in [1.165, 1.54) is 0 Å². The smallest absolute Gasteiger partial charge is 0.337 e. The molecule has 0 radical (unpaired) electrons. The van der Waals surface area contributed by atoms with Gasteiger partial charge in [-0.2, -0.15) is 5.10 Å². The first kappa shape index (κ1) is 23.1. The van der Waals surface area contributed by atoms with Gasteiger partial charge < -0.3 is 14.8 Å². The minimum atomic E-state index is -1.01. The SMILES string of the molecule is Cc1cc(C(C)Nc2ccccc2C(=O)O)c2oc(-c3ccc(-c4ccn[nH]4)cc3)c(C)c(=O)c2c1. The lowest BCUT2D eigenvalue weighted by atomic mass is 9.98. The predicted molar refractivity (Wildman–Crippen MR) is 140 cm³/mol. The van der Waals surface area contributed by atoms with Crippen molar-refractivity contribution in [3.05, 3.63) is 105 Å². The van der Waals surface area contributed by atoms with E-state index in [9.17, 15) is 14.7 Å². The van der Waals surface area contributed by atoms with Gasteiger partial charge in [0.1, 0.15) is 11.3 Å². The van der Waals surface area contributed by atoms with Gasteiger partial charge in [0.05, 0.1) is 22.7 Å². The zero-order valence-electron chi connectivity index (χ0n) is 20.1. The highest BCUT2D eigenvalue weighted by Gasteiger charge is 2.20. The van der Waals surface area contributed by atoms with Crippen LogP contribution in [-0.4, -0.2) is 21.3 Å². The van der Waals surface area contributed by atoms with Gasteiger partial charge in [-0.3, -0.25) is 9.89 Å². The molecular formula is C29H25N3O4. The Labute approximate surface area is 207 Å². The first-order valence-corrected chi connectivity index (χ1v) is 11.6. The molecule has 0 spiro atoms. The summed E-state index contributed by atoms with van der Waals surface area (Å²) < 4.78 is 6.44. The van der Waals surface area contributed by atoms with Crippen molar-refractivity contribution >= 4 is 22.6 Å². The van der Waals surface area contributed by atoms with Gasteiger partial charge in [-0.05, 0) is 56.2 Å². The number of carboxylic acids is 1. The monoisotopic (exact) mass is 479 g/mol. The number of nitrogens with one attached hydrogen (secondary N) is 2. The molecule has 1 atom stereocenters. The Morgan fingerprint density at radius 1 is 1.03 bits per heavy atom. The molecule has 0 bridgehead atoms. The third-order valence-electron chi connectivity index (χ3n) is 6.35. The molecule has 0 aliphatic carbocycles. The molecule has 3 aromatic carbocycles. The molecule has 0 fully saturated rings. The van der Waals surface area contributed by atoms with Crippen LogP contribution < -0.4 is 10.7 Å². The first-order chi connectivity index (χ1) is 17.3. The maximum absolute atomic E-state index is 13.4. The van der Waals surface area contributed by atoms with Crippen LogP contribution in [0.5, 0.6) is 0 Å². The van der Waals surface area contributed by atoms with Crippen molar-refractivity contribution in [1.29, 1.82) is 0 Å².